The van der Waals surface area contributed by atoms with Crippen LogP contribution in [0.3, 0.4) is 0 Å². The van der Waals surface area contributed by atoms with Crippen LogP contribution in [0.1, 0.15) is 33.3 Å². The molecule has 1 aromatic rings. The maximum absolute atomic E-state index is 14.0. The summed E-state index contributed by atoms with van der Waals surface area (Å²) in [7, 11) is -0.639. The Morgan fingerprint density at radius 2 is 1.72 bits per heavy atom. The number of rotatable bonds is 2. The molecule has 0 atom stereocenters. The van der Waals surface area contributed by atoms with Gasteiger partial charge in [0.1, 0.15) is 5.82 Å². The molecule has 0 aromatic heterocycles. The molecule has 0 N–H and O–H groups in total. The van der Waals surface area contributed by atoms with Crippen molar-refractivity contribution >= 4 is 28.5 Å². The molecule has 5 heteroatoms. The summed E-state index contributed by atoms with van der Waals surface area (Å²) in [4.78, 5) is 0. The Labute approximate surface area is 116 Å². The van der Waals surface area contributed by atoms with Gasteiger partial charge in [-0.1, -0.05) is 28.1 Å². The van der Waals surface area contributed by atoms with Crippen molar-refractivity contribution in [3.8, 4) is 0 Å². The van der Waals surface area contributed by atoms with Crippen molar-refractivity contribution in [1.29, 1.82) is 0 Å². The molecule has 0 bridgehead atoms. The first-order valence-corrected chi connectivity index (χ1v) is 7.09. The summed E-state index contributed by atoms with van der Waals surface area (Å²) >= 11 is 3.31. The summed E-state index contributed by atoms with van der Waals surface area (Å²) in [6, 6.07) is 5.11. The van der Waals surface area contributed by atoms with Crippen LogP contribution in [-0.2, 0) is 14.6 Å². The molecule has 0 saturated carbocycles. The van der Waals surface area contributed by atoms with Crippen molar-refractivity contribution in [1.82, 2.24) is 0 Å². The van der Waals surface area contributed by atoms with Gasteiger partial charge in [0.25, 0.3) is 0 Å². The van der Waals surface area contributed by atoms with Crippen LogP contribution in [0.15, 0.2) is 18.2 Å². The molecule has 0 aliphatic carbocycles. The van der Waals surface area contributed by atoms with Crippen LogP contribution in [0.25, 0.3) is 0 Å². The summed E-state index contributed by atoms with van der Waals surface area (Å²) in [5.74, 6) is -0.287. The van der Waals surface area contributed by atoms with E-state index in [0.29, 0.717) is 10.8 Å². The number of halogens is 2. The monoisotopic (exact) mass is 314 g/mol. The van der Waals surface area contributed by atoms with Crippen molar-refractivity contribution < 1.29 is 13.7 Å². The zero-order valence-corrected chi connectivity index (χ0v) is 12.7. The number of alkyl halides is 1. The zero-order valence-electron chi connectivity index (χ0n) is 11.1. The van der Waals surface area contributed by atoms with E-state index in [0.717, 1.165) is 5.56 Å². The lowest BCUT2D eigenvalue weighted by Crippen LogP contribution is -2.41. The van der Waals surface area contributed by atoms with Crippen molar-refractivity contribution in [2.75, 3.05) is 0 Å². The zero-order chi connectivity index (χ0) is 13.6. The lowest BCUT2D eigenvalue weighted by Gasteiger charge is -2.32. The second kappa shape index (κ2) is 4.62. The maximum atomic E-state index is 14.0. The van der Waals surface area contributed by atoms with Gasteiger partial charge < -0.3 is 9.31 Å². The molecule has 1 aromatic carbocycles. The minimum absolute atomic E-state index is 0.287. The molecule has 0 amide bonds. The fourth-order valence-corrected chi connectivity index (χ4v) is 2.16. The van der Waals surface area contributed by atoms with Crippen LogP contribution in [0, 0.1) is 5.82 Å². The summed E-state index contributed by atoms with van der Waals surface area (Å²) in [5.41, 5.74) is 0.460. The third kappa shape index (κ3) is 2.36. The van der Waals surface area contributed by atoms with Crippen LogP contribution >= 0.6 is 15.9 Å². The standard InChI is InChI=1S/C13H17BBrFO2/c1-12(2)13(3,4)18-14(17-12)10-6-5-9(8-15)7-11(10)16/h5-7H,8H2,1-4H3. The average molecular weight is 315 g/mol. The van der Waals surface area contributed by atoms with E-state index in [1.807, 2.05) is 33.8 Å². The molecule has 1 aliphatic rings. The van der Waals surface area contributed by atoms with Gasteiger partial charge in [0.2, 0.25) is 0 Å². The van der Waals surface area contributed by atoms with Gasteiger partial charge in [-0.25, -0.2) is 4.39 Å². The number of benzene rings is 1. The van der Waals surface area contributed by atoms with Gasteiger partial charge in [-0.05, 0) is 39.3 Å². The Hall–Kier alpha value is -0.385. The third-order valence-electron chi connectivity index (χ3n) is 3.73. The highest BCUT2D eigenvalue weighted by molar-refractivity contribution is 9.08. The van der Waals surface area contributed by atoms with E-state index in [4.69, 9.17) is 9.31 Å². The fraction of sp³-hybridized carbons (Fsp3) is 0.538. The normalized spacial score (nSPS) is 21.3. The second-order valence-corrected chi connectivity index (χ2v) is 6.14. The number of hydrogen-bond donors (Lipinski definition) is 0. The molecule has 18 heavy (non-hydrogen) atoms. The summed E-state index contributed by atoms with van der Waals surface area (Å²) in [5, 5.41) is 0.633. The van der Waals surface area contributed by atoms with Crippen LogP contribution in [-0.4, -0.2) is 18.3 Å². The largest absolute Gasteiger partial charge is 0.497 e. The molecule has 2 nitrogen and oxygen atoms in total. The first-order valence-electron chi connectivity index (χ1n) is 5.97. The van der Waals surface area contributed by atoms with Crippen molar-refractivity contribution in [3.63, 3.8) is 0 Å². The van der Waals surface area contributed by atoms with Gasteiger partial charge in [-0.3, -0.25) is 0 Å². The van der Waals surface area contributed by atoms with E-state index in [1.165, 1.54) is 6.07 Å². The molecule has 0 unspecified atom stereocenters. The summed E-state index contributed by atoms with van der Waals surface area (Å²) < 4.78 is 25.7. The fourth-order valence-electron chi connectivity index (χ4n) is 1.81. The Bertz CT molecular complexity index is 446. The smallest absolute Gasteiger partial charge is 0.399 e. The SMILES string of the molecule is CC1(C)OB(c2ccc(CBr)cc2F)OC1(C)C. The lowest BCUT2D eigenvalue weighted by molar-refractivity contribution is 0.00578. The van der Waals surface area contributed by atoms with Crippen LogP contribution in [0.5, 0.6) is 0 Å². The molecule has 0 spiro atoms. The second-order valence-electron chi connectivity index (χ2n) is 5.58. The van der Waals surface area contributed by atoms with Crippen LogP contribution < -0.4 is 5.46 Å². The van der Waals surface area contributed by atoms with Gasteiger partial charge in [0.05, 0.1) is 11.2 Å². The average Bonchev–Trinajstić information content (AvgIpc) is 2.47. The van der Waals surface area contributed by atoms with Crippen molar-refractivity contribution in [3.05, 3.63) is 29.6 Å². The van der Waals surface area contributed by atoms with E-state index in [1.54, 1.807) is 6.07 Å². The molecular weight excluding hydrogens is 298 g/mol. The first kappa shape index (κ1) is 14.0. The van der Waals surface area contributed by atoms with Gasteiger partial charge in [-0.15, -0.1) is 0 Å². The van der Waals surface area contributed by atoms with Gasteiger partial charge >= 0.3 is 7.12 Å². The summed E-state index contributed by atoms with van der Waals surface area (Å²) in [6.45, 7) is 7.82. The van der Waals surface area contributed by atoms with Gasteiger partial charge in [-0.2, -0.15) is 0 Å². The molecule has 1 saturated heterocycles. The Kier molecular flexibility index (Phi) is 3.60. The molecule has 2 rings (SSSR count). The maximum Gasteiger partial charge on any atom is 0.497 e. The van der Waals surface area contributed by atoms with E-state index in [9.17, 15) is 4.39 Å². The van der Waals surface area contributed by atoms with Gasteiger partial charge in [0, 0.05) is 10.8 Å². The van der Waals surface area contributed by atoms with E-state index in [2.05, 4.69) is 15.9 Å². The highest BCUT2D eigenvalue weighted by Gasteiger charge is 2.52. The topological polar surface area (TPSA) is 18.5 Å². The molecule has 98 valence electrons. The molecular formula is C13H17BBrFO2. The minimum atomic E-state index is -0.639. The van der Waals surface area contributed by atoms with Crippen LogP contribution in [0.4, 0.5) is 4.39 Å². The van der Waals surface area contributed by atoms with E-state index >= 15 is 0 Å². The quantitative estimate of drug-likeness (QED) is 0.617. The highest BCUT2D eigenvalue weighted by atomic mass is 79.9. The molecule has 1 fully saturated rings. The summed E-state index contributed by atoms with van der Waals surface area (Å²) in [6.07, 6.45) is 0. The Morgan fingerprint density at radius 1 is 1.17 bits per heavy atom. The minimum Gasteiger partial charge on any atom is -0.399 e. The first-order chi connectivity index (χ1) is 8.27. The Balaban J connectivity index is 2.30. The van der Waals surface area contributed by atoms with E-state index < -0.39 is 18.3 Å². The Morgan fingerprint density at radius 3 is 2.17 bits per heavy atom. The van der Waals surface area contributed by atoms with Crippen molar-refractivity contribution in [2.24, 2.45) is 0 Å². The van der Waals surface area contributed by atoms with E-state index in [-0.39, 0.29) is 5.82 Å². The van der Waals surface area contributed by atoms with Gasteiger partial charge in [0.15, 0.2) is 0 Å². The highest BCUT2D eigenvalue weighted by Crippen LogP contribution is 2.36. The number of hydrogen-bond acceptors (Lipinski definition) is 2. The molecule has 0 radical (unpaired) electrons. The molecule has 1 aliphatic heterocycles. The molecule has 1 heterocycles. The third-order valence-corrected chi connectivity index (χ3v) is 4.37. The van der Waals surface area contributed by atoms with Crippen LogP contribution in [0.2, 0.25) is 0 Å². The lowest BCUT2D eigenvalue weighted by atomic mass is 9.78. The van der Waals surface area contributed by atoms with Crippen molar-refractivity contribution in [2.45, 2.75) is 44.2 Å². The predicted octanol–water partition coefficient (Wildman–Crippen LogP) is 3.02. The predicted molar refractivity (Wildman–Crippen MR) is 74.7 cm³/mol.